The van der Waals surface area contributed by atoms with Gasteiger partial charge in [-0.3, -0.25) is 0 Å². The lowest BCUT2D eigenvalue weighted by Gasteiger charge is -2.25. The SMILES string of the molecule is CCC(Nc1cc(F)c(S(=O)(=O)N(Cc2ccc(OC)cc2OC)c2ccncn2)cc1Cl)c1ccccc1Cl. The summed E-state index contributed by atoms with van der Waals surface area (Å²) in [7, 11) is -1.54. The van der Waals surface area contributed by atoms with E-state index in [1.54, 1.807) is 24.3 Å². The summed E-state index contributed by atoms with van der Waals surface area (Å²) in [4.78, 5) is 7.37. The Hall–Kier alpha value is -3.60. The lowest BCUT2D eigenvalue weighted by molar-refractivity contribution is 0.391. The summed E-state index contributed by atoms with van der Waals surface area (Å²) in [5, 5.41) is 3.76. The molecule has 0 fully saturated rings. The van der Waals surface area contributed by atoms with Crippen LogP contribution in [0.25, 0.3) is 0 Å². The first-order valence-electron chi connectivity index (χ1n) is 12.2. The summed E-state index contributed by atoms with van der Waals surface area (Å²) in [6.07, 6.45) is 3.22. The van der Waals surface area contributed by atoms with Gasteiger partial charge in [0.15, 0.2) is 0 Å². The fraction of sp³-hybridized carbons (Fsp3) is 0.214. The quantitative estimate of drug-likeness (QED) is 0.199. The Labute approximate surface area is 242 Å². The highest BCUT2D eigenvalue weighted by Gasteiger charge is 2.31. The van der Waals surface area contributed by atoms with Crippen LogP contribution in [-0.4, -0.2) is 32.6 Å². The predicted molar refractivity (Wildman–Crippen MR) is 154 cm³/mol. The molecule has 0 aliphatic rings. The van der Waals surface area contributed by atoms with Crippen LogP contribution >= 0.6 is 23.2 Å². The van der Waals surface area contributed by atoms with E-state index in [1.807, 2.05) is 25.1 Å². The first-order chi connectivity index (χ1) is 19.2. The molecule has 0 radical (unpaired) electrons. The minimum absolute atomic E-state index is 0.0233. The van der Waals surface area contributed by atoms with Crippen molar-refractivity contribution < 1.29 is 22.3 Å². The average Bonchev–Trinajstić information content (AvgIpc) is 2.96. The van der Waals surface area contributed by atoms with Gasteiger partial charge in [-0.05, 0) is 42.3 Å². The van der Waals surface area contributed by atoms with Crippen LogP contribution in [0.3, 0.4) is 0 Å². The summed E-state index contributed by atoms with van der Waals surface area (Å²) < 4.78 is 55.2. The number of rotatable bonds is 11. The van der Waals surface area contributed by atoms with E-state index < -0.39 is 20.7 Å². The molecule has 0 bridgehead atoms. The van der Waals surface area contributed by atoms with Crippen LogP contribution in [0.4, 0.5) is 15.9 Å². The lowest BCUT2D eigenvalue weighted by Crippen LogP contribution is -2.32. The van der Waals surface area contributed by atoms with Gasteiger partial charge in [0.25, 0.3) is 10.0 Å². The monoisotopic (exact) mass is 604 g/mol. The zero-order valence-electron chi connectivity index (χ0n) is 21.9. The Balaban J connectivity index is 1.74. The molecule has 210 valence electrons. The topological polar surface area (TPSA) is 93.7 Å². The molecule has 0 saturated carbocycles. The Bertz CT molecular complexity index is 1590. The summed E-state index contributed by atoms with van der Waals surface area (Å²) in [5.41, 5.74) is 1.54. The van der Waals surface area contributed by atoms with Gasteiger partial charge in [-0.25, -0.2) is 27.1 Å². The van der Waals surface area contributed by atoms with Crippen LogP contribution in [-0.2, 0) is 16.6 Å². The van der Waals surface area contributed by atoms with Crippen molar-refractivity contribution in [2.24, 2.45) is 0 Å². The van der Waals surface area contributed by atoms with E-state index in [0.29, 0.717) is 28.5 Å². The highest BCUT2D eigenvalue weighted by atomic mass is 35.5. The molecule has 1 heterocycles. The smallest absolute Gasteiger partial charge is 0.268 e. The molecule has 4 rings (SSSR count). The first-order valence-corrected chi connectivity index (χ1v) is 14.4. The number of nitrogens with zero attached hydrogens (tertiary/aromatic N) is 3. The summed E-state index contributed by atoms with van der Waals surface area (Å²) >= 11 is 12.9. The average molecular weight is 606 g/mol. The molecule has 1 aromatic heterocycles. The van der Waals surface area contributed by atoms with Crippen LogP contribution in [0.5, 0.6) is 11.5 Å². The maximum atomic E-state index is 15.6. The second kappa shape index (κ2) is 12.7. The number of nitrogens with one attached hydrogen (secondary N) is 1. The van der Waals surface area contributed by atoms with Crippen molar-refractivity contribution >= 4 is 44.7 Å². The van der Waals surface area contributed by atoms with Gasteiger partial charge in [-0.1, -0.05) is 48.3 Å². The predicted octanol–water partition coefficient (Wildman–Crippen LogP) is 6.90. The zero-order chi connectivity index (χ0) is 28.9. The number of aromatic nitrogens is 2. The number of methoxy groups -OCH3 is 2. The van der Waals surface area contributed by atoms with Crippen molar-refractivity contribution in [3.63, 3.8) is 0 Å². The van der Waals surface area contributed by atoms with Gasteiger partial charge in [0.1, 0.15) is 34.4 Å². The fourth-order valence-corrected chi connectivity index (χ4v) is 6.18. The van der Waals surface area contributed by atoms with E-state index in [4.69, 9.17) is 32.7 Å². The van der Waals surface area contributed by atoms with Crippen molar-refractivity contribution in [3.05, 3.63) is 100 Å². The largest absolute Gasteiger partial charge is 0.497 e. The van der Waals surface area contributed by atoms with Gasteiger partial charge in [-0.2, -0.15) is 0 Å². The molecule has 4 aromatic rings. The highest BCUT2D eigenvalue weighted by Crippen LogP contribution is 2.36. The van der Waals surface area contributed by atoms with Crippen LogP contribution < -0.4 is 19.1 Å². The number of sulfonamides is 1. The molecule has 1 atom stereocenters. The number of benzene rings is 3. The molecular formula is C28H27Cl2FN4O4S. The Morgan fingerprint density at radius 2 is 1.80 bits per heavy atom. The number of hydrogen-bond donors (Lipinski definition) is 1. The van der Waals surface area contributed by atoms with Crippen molar-refractivity contribution in [1.29, 1.82) is 0 Å². The Morgan fingerprint density at radius 1 is 1.02 bits per heavy atom. The maximum Gasteiger partial charge on any atom is 0.268 e. The molecule has 0 aliphatic heterocycles. The molecule has 0 saturated heterocycles. The minimum Gasteiger partial charge on any atom is -0.497 e. The van der Waals surface area contributed by atoms with Gasteiger partial charge in [-0.15, -0.1) is 0 Å². The van der Waals surface area contributed by atoms with E-state index in [2.05, 4.69) is 15.3 Å². The first kappa shape index (κ1) is 29.4. The van der Waals surface area contributed by atoms with Gasteiger partial charge in [0, 0.05) is 28.9 Å². The molecule has 1 N–H and O–H groups in total. The van der Waals surface area contributed by atoms with Crippen LogP contribution in [0, 0.1) is 5.82 Å². The summed E-state index contributed by atoms with van der Waals surface area (Å²) in [5.74, 6) is -0.0333. The Kier molecular flexibility index (Phi) is 9.34. The van der Waals surface area contributed by atoms with Crippen molar-refractivity contribution in [3.8, 4) is 11.5 Å². The maximum absolute atomic E-state index is 15.6. The third-order valence-electron chi connectivity index (χ3n) is 6.24. The normalized spacial score (nSPS) is 12.1. The number of anilines is 2. The minimum atomic E-state index is -4.51. The molecular weight excluding hydrogens is 578 g/mol. The summed E-state index contributed by atoms with van der Waals surface area (Å²) in [6.45, 7) is 1.73. The second-order valence-electron chi connectivity index (χ2n) is 8.65. The van der Waals surface area contributed by atoms with E-state index >= 15 is 4.39 Å². The third kappa shape index (κ3) is 6.24. The van der Waals surface area contributed by atoms with E-state index in [1.165, 1.54) is 32.8 Å². The van der Waals surface area contributed by atoms with Gasteiger partial charge in [0.05, 0.1) is 37.5 Å². The number of halogens is 3. The molecule has 40 heavy (non-hydrogen) atoms. The third-order valence-corrected chi connectivity index (χ3v) is 8.66. The van der Waals surface area contributed by atoms with Crippen molar-refractivity contribution in [2.75, 3.05) is 23.8 Å². The van der Waals surface area contributed by atoms with E-state index in [9.17, 15) is 8.42 Å². The molecule has 0 amide bonds. The highest BCUT2D eigenvalue weighted by molar-refractivity contribution is 7.92. The van der Waals surface area contributed by atoms with Crippen molar-refractivity contribution in [2.45, 2.75) is 30.8 Å². The van der Waals surface area contributed by atoms with E-state index in [-0.39, 0.29) is 29.1 Å². The van der Waals surface area contributed by atoms with Crippen LogP contribution in [0.2, 0.25) is 10.0 Å². The van der Waals surface area contributed by atoms with Crippen LogP contribution in [0.1, 0.15) is 30.5 Å². The van der Waals surface area contributed by atoms with Crippen molar-refractivity contribution in [1.82, 2.24) is 9.97 Å². The number of ether oxygens (including phenoxy) is 2. The molecule has 3 aromatic carbocycles. The molecule has 8 nitrogen and oxygen atoms in total. The Morgan fingerprint density at radius 3 is 2.45 bits per heavy atom. The number of hydrogen-bond acceptors (Lipinski definition) is 7. The second-order valence-corrected chi connectivity index (χ2v) is 11.3. The van der Waals surface area contributed by atoms with E-state index in [0.717, 1.165) is 22.0 Å². The van der Waals surface area contributed by atoms with Gasteiger partial charge in [0.2, 0.25) is 0 Å². The molecule has 0 spiro atoms. The molecule has 12 heteroatoms. The fourth-order valence-electron chi connectivity index (χ4n) is 4.16. The molecule has 1 unspecified atom stereocenters. The van der Waals surface area contributed by atoms with Gasteiger partial charge >= 0.3 is 0 Å². The molecule has 0 aliphatic carbocycles. The van der Waals surface area contributed by atoms with Gasteiger partial charge < -0.3 is 14.8 Å². The standard InChI is InChI=1S/C28H27Cl2FN4O4S/c1-4-24(20-7-5-6-8-21(20)29)34-25-15-23(31)27(14-22(25)30)40(36,37)35(28-11-12-32-17-33-28)16-18-9-10-19(38-2)13-26(18)39-3/h5-15,17,24,34H,4,16H2,1-3H3. The zero-order valence-corrected chi connectivity index (χ0v) is 24.3. The van der Waals surface area contributed by atoms with Crippen LogP contribution in [0.15, 0.2) is 78.1 Å². The lowest BCUT2D eigenvalue weighted by atomic mass is 10.0. The summed E-state index contributed by atoms with van der Waals surface area (Å²) in [6, 6.07) is 15.5.